The van der Waals surface area contributed by atoms with Crippen molar-refractivity contribution in [3.05, 3.63) is 70.5 Å². The first-order valence-electron chi connectivity index (χ1n) is 8.67. The maximum atomic E-state index is 6.09. The molecule has 1 aliphatic heterocycles. The molecular weight excluding hydrogens is 296 g/mol. The average molecular weight is 316 g/mol. The first-order valence-corrected chi connectivity index (χ1v) is 8.67. The van der Waals surface area contributed by atoms with Crippen molar-refractivity contribution in [2.45, 2.75) is 32.6 Å². The van der Waals surface area contributed by atoms with Crippen LogP contribution in [-0.4, -0.2) is 6.61 Å². The molecule has 1 saturated carbocycles. The number of hydrogen-bond acceptors (Lipinski definition) is 2. The molecule has 24 heavy (non-hydrogen) atoms. The maximum absolute atomic E-state index is 6.09. The molecule has 2 heteroatoms. The van der Waals surface area contributed by atoms with Crippen LogP contribution in [0.5, 0.6) is 5.75 Å². The van der Waals surface area contributed by atoms with E-state index in [4.69, 9.17) is 9.15 Å². The van der Waals surface area contributed by atoms with Crippen LogP contribution >= 0.6 is 0 Å². The molecule has 0 spiro atoms. The Bertz CT molecular complexity index is 972. The van der Waals surface area contributed by atoms with Crippen molar-refractivity contribution in [1.29, 1.82) is 0 Å². The summed E-state index contributed by atoms with van der Waals surface area (Å²) in [4.78, 5) is 0. The second-order valence-electron chi connectivity index (χ2n) is 7.03. The Labute approximate surface area is 141 Å². The molecule has 1 aliphatic carbocycles. The second-order valence-corrected chi connectivity index (χ2v) is 7.03. The minimum absolute atomic E-state index is 0.639. The van der Waals surface area contributed by atoms with E-state index in [9.17, 15) is 0 Å². The van der Waals surface area contributed by atoms with Crippen LogP contribution in [-0.2, 0) is 0 Å². The third kappa shape index (κ3) is 1.96. The first kappa shape index (κ1) is 13.9. The van der Waals surface area contributed by atoms with E-state index >= 15 is 0 Å². The molecule has 2 aromatic carbocycles. The number of hydrogen-bond donors (Lipinski definition) is 0. The lowest BCUT2D eigenvalue weighted by Crippen LogP contribution is -2.11. The summed E-state index contributed by atoms with van der Waals surface area (Å²) in [5, 5.41) is 1.26. The number of ether oxygens (including phenoxy) is 1. The van der Waals surface area contributed by atoms with Gasteiger partial charge in [0.2, 0.25) is 0 Å². The van der Waals surface area contributed by atoms with Gasteiger partial charge in [0.25, 0.3) is 0 Å². The third-order valence-corrected chi connectivity index (χ3v) is 5.28. The highest BCUT2D eigenvalue weighted by molar-refractivity contribution is 5.96. The highest BCUT2D eigenvalue weighted by Crippen LogP contribution is 2.48. The molecule has 0 atom stereocenters. The van der Waals surface area contributed by atoms with Gasteiger partial charge in [0.15, 0.2) is 0 Å². The van der Waals surface area contributed by atoms with Crippen molar-refractivity contribution < 1.29 is 9.15 Å². The highest BCUT2D eigenvalue weighted by atomic mass is 16.5. The quantitative estimate of drug-likeness (QED) is 0.593. The third-order valence-electron chi connectivity index (χ3n) is 5.28. The molecule has 3 aromatic rings. The Hall–Kier alpha value is -2.48. The van der Waals surface area contributed by atoms with Gasteiger partial charge >= 0.3 is 0 Å². The Kier molecular flexibility index (Phi) is 2.90. The van der Waals surface area contributed by atoms with Crippen LogP contribution in [0.4, 0.5) is 0 Å². The van der Waals surface area contributed by atoms with Crippen LogP contribution in [0.15, 0.2) is 52.7 Å². The van der Waals surface area contributed by atoms with Crippen LogP contribution in [0.2, 0.25) is 0 Å². The van der Waals surface area contributed by atoms with Gasteiger partial charge in [-0.25, -0.2) is 0 Å². The molecule has 0 N–H and O–H groups in total. The SMILES string of the molecule is CC1=C(c2ccccc2)c2cc3c(C4CC4)coc3c(C)c2OC1. The molecule has 1 fully saturated rings. The van der Waals surface area contributed by atoms with E-state index < -0.39 is 0 Å². The predicted octanol–water partition coefficient (Wildman–Crippen LogP) is 5.83. The number of aryl methyl sites for hydroxylation is 1. The van der Waals surface area contributed by atoms with E-state index in [0.29, 0.717) is 12.5 Å². The van der Waals surface area contributed by atoms with E-state index in [1.54, 1.807) is 0 Å². The average Bonchev–Trinajstić information content (AvgIpc) is 3.35. The summed E-state index contributed by atoms with van der Waals surface area (Å²) in [6.07, 6.45) is 4.52. The molecule has 1 aromatic heterocycles. The molecule has 0 radical (unpaired) electrons. The van der Waals surface area contributed by atoms with Crippen molar-refractivity contribution in [2.75, 3.05) is 6.61 Å². The fraction of sp³-hybridized carbons (Fsp3) is 0.273. The molecule has 120 valence electrons. The van der Waals surface area contributed by atoms with Crippen molar-refractivity contribution in [1.82, 2.24) is 0 Å². The Morgan fingerprint density at radius 2 is 1.83 bits per heavy atom. The Balaban J connectivity index is 1.80. The molecular formula is C22H20O2. The van der Waals surface area contributed by atoms with Crippen LogP contribution in [0.25, 0.3) is 16.5 Å². The molecule has 0 unspecified atom stereocenters. The minimum Gasteiger partial charge on any atom is -0.488 e. The van der Waals surface area contributed by atoms with E-state index in [-0.39, 0.29) is 0 Å². The molecule has 2 heterocycles. The number of furan rings is 1. The standard InChI is InChI=1S/C22H20O2/c1-13-11-23-22-14(2)21-17(19(12-24-21)15-8-9-15)10-18(22)20(13)16-6-4-3-5-7-16/h3-7,10,12,15H,8-9,11H2,1-2H3. The molecule has 2 aliphatic rings. The molecule has 5 rings (SSSR count). The summed E-state index contributed by atoms with van der Waals surface area (Å²) in [5.74, 6) is 1.65. The largest absolute Gasteiger partial charge is 0.488 e. The zero-order chi connectivity index (χ0) is 16.3. The van der Waals surface area contributed by atoms with Crippen LogP contribution in [0.3, 0.4) is 0 Å². The summed E-state index contributed by atoms with van der Waals surface area (Å²) in [6, 6.07) is 12.9. The van der Waals surface area contributed by atoms with Crippen molar-refractivity contribution >= 4 is 16.5 Å². The molecule has 0 amide bonds. The number of rotatable bonds is 2. The number of fused-ring (bicyclic) bond motifs is 2. The van der Waals surface area contributed by atoms with Gasteiger partial charge in [-0.2, -0.15) is 0 Å². The monoisotopic (exact) mass is 316 g/mol. The Morgan fingerprint density at radius 1 is 1.04 bits per heavy atom. The van der Waals surface area contributed by atoms with Crippen molar-refractivity contribution in [3.63, 3.8) is 0 Å². The summed E-state index contributed by atoms with van der Waals surface area (Å²) in [5.41, 5.74) is 8.53. The lowest BCUT2D eigenvalue weighted by molar-refractivity contribution is 0.344. The fourth-order valence-corrected chi connectivity index (χ4v) is 3.91. The van der Waals surface area contributed by atoms with Gasteiger partial charge in [0.05, 0.1) is 6.26 Å². The minimum atomic E-state index is 0.639. The van der Waals surface area contributed by atoms with E-state index in [0.717, 1.165) is 16.9 Å². The van der Waals surface area contributed by atoms with Gasteiger partial charge in [-0.1, -0.05) is 30.3 Å². The second kappa shape index (κ2) is 5.01. The summed E-state index contributed by atoms with van der Waals surface area (Å²) >= 11 is 0. The molecule has 0 bridgehead atoms. The lowest BCUT2D eigenvalue weighted by atomic mass is 9.88. The fourth-order valence-electron chi connectivity index (χ4n) is 3.91. The summed E-state index contributed by atoms with van der Waals surface area (Å²) < 4.78 is 12.0. The zero-order valence-electron chi connectivity index (χ0n) is 14.1. The topological polar surface area (TPSA) is 22.4 Å². The van der Waals surface area contributed by atoms with Gasteiger partial charge in [0.1, 0.15) is 17.9 Å². The highest BCUT2D eigenvalue weighted by Gasteiger charge is 2.30. The van der Waals surface area contributed by atoms with Gasteiger partial charge in [-0.15, -0.1) is 0 Å². The van der Waals surface area contributed by atoms with E-state index in [1.807, 2.05) is 6.26 Å². The van der Waals surface area contributed by atoms with Gasteiger partial charge < -0.3 is 9.15 Å². The van der Waals surface area contributed by atoms with Gasteiger partial charge in [-0.3, -0.25) is 0 Å². The van der Waals surface area contributed by atoms with Crippen molar-refractivity contribution in [2.24, 2.45) is 0 Å². The van der Waals surface area contributed by atoms with E-state index in [2.05, 4.69) is 50.2 Å². The van der Waals surface area contributed by atoms with Gasteiger partial charge in [0, 0.05) is 22.1 Å². The first-order chi connectivity index (χ1) is 11.7. The van der Waals surface area contributed by atoms with Gasteiger partial charge in [-0.05, 0) is 55.4 Å². The zero-order valence-corrected chi connectivity index (χ0v) is 14.1. The number of benzene rings is 2. The van der Waals surface area contributed by atoms with Crippen LogP contribution in [0, 0.1) is 6.92 Å². The summed E-state index contributed by atoms with van der Waals surface area (Å²) in [6.45, 7) is 4.92. The van der Waals surface area contributed by atoms with Crippen LogP contribution in [0.1, 0.15) is 47.9 Å². The smallest absolute Gasteiger partial charge is 0.140 e. The Morgan fingerprint density at radius 3 is 2.58 bits per heavy atom. The summed E-state index contributed by atoms with van der Waals surface area (Å²) in [7, 11) is 0. The maximum Gasteiger partial charge on any atom is 0.140 e. The lowest BCUT2D eigenvalue weighted by Gasteiger charge is -2.24. The predicted molar refractivity (Wildman–Crippen MR) is 96.6 cm³/mol. The molecule has 2 nitrogen and oxygen atoms in total. The molecule has 0 saturated heterocycles. The van der Waals surface area contributed by atoms with E-state index in [1.165, 1.54) is 46.1 Å². The normalized spacial score (nSPS) is 17.1. The van der Waals surface area contributed by atoms with Crippen LogP contribution < -0.4 is 4.74 Å². The van der Waals surface area contributed by atoms with Crippen molar-refractivity contribution in [3.8, 4) is 5.75 Å².